The van der Waals surface area contributed by atoms with Crippen molar-refractivity contribution in [3.05, 3.63) is 20.8 Å². The van der Waals surface area contributed by atoms with E-state index >= 15 is 0 Å². The van der Waals surface area contributed by atoms with E-state index in [0.29, 0.717) is 5.88 Å². The van der Waals surface area contributed by atoms with Crippen LogP contribution in [0, 0.1) is 0 Å². The summed E-state index contributed by atoms with van der Waals surface area (Å²) < 4.78 is 6.92. The van der Waals surface area contributed by atoms with Gasteiger partial charge in [-0.05, 0) is 35.0 Å². The number of thiophene rings is 1. The summed E-state index contributed by atoms with van der Waals surface area (Å²) in [5.74, 6) is 0.578. The molecule has 16 heavy (non-hydrogen) atoms. The van der Waals surface area contributed by atoms with Crippen LogP contribution in [0.2, 0.25) is 0 Å². The van der Waals surface area contributed by atoms with Crippen LogP contribution in [0.4, 0.5) is 0 Å². The zero-order valence-corrected chi connectivity index (χ0v) is 12.3. The molecule has 0 radical (unpaired) electrons. The van der Waals surface area contributed by atoms with Crippen LogP contribution in [0.1, 0.15) is 11.8 Å². The van der Waals surface area contributed by atoms with Gasteiger partial charge in [-0.2, -0.15) is 0 Å². The molecule has 5 heteroatoms. The molecule has 1 aromatic rings. The van der Waals surface area contributed by atoms with Crippen molar-refractivity contribution in [3.63, 3.8) is 0 Å². The van der Waals surface area contributed by atoms with Gasteiger partial charge in [-0.25, -0.2) is 0 Å². The maximum absolute atomic E-state index is 5.86. The van der Waals surface area contributed by atoms with Gasteiger partial charge in [0.05, 0.1) is 16.0 Å². The Morgan fingerprint density at radius 3 is 3.00 bits per heavy atom. The first-order chi connectivity index (χ1) is 7.67. The molecule has 1 aliphatic rings. The molecule has 1 saturated heterocycles. The summed E-state index contributed by atoms with van der Waals surface area (Å²) in [7, 11) is 0. The van der Waals surface area contributed by atoms with Gasteiger partial charge in [0.2, 0.25) is 0 Å². The number of morpholine rings is 1. The molecule has 1 fully saturated rings. The van der Waals surface area contributed by atoms with Gasteiger partial charge in [-0.15, -0.1) is 22.9 Å². The van der Waals surface area contributed by atoms with Crippen LogP contribution in [0.15, 0.2) is 15.9 Å². The Bertz CT molecular complexity index is 346. The highest BCUT2D eigenvalue weighted by molar-refractivity contribution is 9.11. The Labute approximate surface area is 114 Å². The third-order valence-corrected chi connectivity index (χ3v) is 4.53. The van der Waals surface area contributed by atoms with Crippen LogP contribution in [0.5, 0.6) is 0 Å². The zero-order valence-electron chi connectivity index (χ0n) is 9.16. The number of alkyl halides is 1. The van der Waals surface area contributed by atoms with Crippen molar-refractivity contribution in [1.82, 2.24) is 4.90 Å². The van der Waals surface area contributed by atoms with Gasteiger partial charge in [0, 0.05) is 30.4 Å². The Morgan fingerprint density at radius 1 is 1.56 bits per heavy atom. The molecule has 0 spiro atoms. The molecule has 90 valence electrons. The van der Waals surface area contributed by atoms with E-state index in [1.807, 2.05) is 0 Å². The van der Waals surface area contributed by atoms with E-state index in [2.05, 4.69) is 39.9 Å². The van der Waals surface area contributed by atoms with E-state index in [4.69, 9.17) is 16.3 Å². The van der Waals surface area contributed by atoms with Crippen LogP contribution < -0.4 is 0 Å². The number of ether oxygens (including phenoxy) is 1. The van der Waals surface area contributed by atoms with Crippen molar-refractivity contribution in [3.8, 4) is 0 Å². The lowest BCUT2D eigenvalue weighted by Crippen LogP contribution is -2.46. The largest absolute Gasteiger partial charge is 0.371 e. The monoisotopic (exact) mass is 323 g/mol. The molecule has 1 aromatic heterocycles. The maximum Gasteiger partial charge on any atom is 0.0841 e. The number of nitrogens with zero attached hydrogens (tertiary/aromatic N) is 1. The second-order valence-corrected chi connectivity index (χ2v) is 6.98. The normalized spacial score (nSPS) is 27.2. The minimum absolute atomic E-state index is 0.175. The topological polar surface area (TPSA) is 12.5 Å². The van der Waals surface area contributed by atoms with Crippen LogP contribution >= 0.6 is 38.9 Å². The quantitative estimate of drug-likeness (QED) is 0.791. The third kappa shape index (κ3) is 3.44. The highest BCUT2D eigenvalue weighted by Crippen LogP contribution is 2.24. The van der Waals surface area contributed by atoms with Crippen LogP contribution in [-0.4, -0.2) is 36.1 Å². The second kappa shape index (κ2) is 5.83. The van der Waals surface area contributed by atoms with E-state index in [1.165, 1.54) is 8.66 Å². The Hall–Kier alpha value is 0.390. The molecule has 2 rings (SSSR count). The van der Waals surface area contributed by atoms with Crippen LogP contribution in [-0.2, 0) is 11.3 Å². The first-order valence-corrected chi connectivity index (χ1v) is 7.49. The summed E-state index contributed by atoms with van der Waals surface area (Å²) in [6, 6.07) is 4.27. The van der Waals surface area contributed by atoms with Gasteiger partial charge < -0.3 is 4.74 Å². The van der Waals surface area contributed by atoms with Gasteiger partial charge in [-0.3, -0.25) is 4.90 Å². The van der Waals surface area contributed by atoms with E-state index < -0.39 is 0 Å². The summed E-state index contributed by atoms with van der Waals surface area (Å²) in [5, 5.41) is 0. The van der Waals surface area contributed by atoms with E-state index in [9.17, 15) is 0 Å². The van der Waals surface area contributed by atoms with Crippen molar-refractivity contribution in [2.24, 2.45) is 0 Å². The van der Waals surface area contributed by atoms with Gasteiger partial charge in [-0.1, -0.05) is 0 Å². The molecule has 0 aliphatic carbocycles. The number of hydrogen-bond acceptors (Lipinski definition) is 3. The molecule has 0 N–H and O–H groups in total. The van der Waals surface area contributed by atoms with E-state index in [-0.39, 0.29) is 12.2 Å². The third-order valence-electron chi connectivity index (χ3n) is 2.58. The predicted molar refractivity (Wildman–Crippen MR) is 72.4 cm³/mol. The summed E-state index contributed by atoms with van der Waals surface area (Å²) in [6.07, 6.45) is 0.453. The SMILES string of the molecule is CC1CN(Cc2ccc(Br)s2)CC(CCl)O1. The second-order valence-electron chi connectivity index (χ2n) is 4.12. The van der Waals surface area contributed by atoms with Gasteiger partial charge in [0.15, 0.2) is 0 Å². The van der Waals surface area contributed by atoms with Crippen molar-refractivity contribution in [2.75, 3.05) is 19.0 Å². The van der Waals surface area contributed by atoms with Crippen molar-refractivity contribution < 1.29 is 4.74 Å². The Balaban J connectivity index is 1.93. The minimum atomic E-state index is 0.175. The predicted octanol–water partition coefficient (Wildman–Crippen LogP) is 3.34. The molecular formula is C11H15BrClNOS. The van der Waals surface area contributed by atoms with E-state index in [1.54, 1.807) is 11.3 Å². The summed E-state index contributed by atoms with van der Waals surface area (Å²) in [4.78, 5) is 3.80. The minimum Gasteiger partial charge on any atom is -0.371 e. The fourth-order valence-corrected chi connectivity index (χ4v) is 3.71. The zero-order chi connectivity index (χ0) is 11.5. The molecule has 0 amide bonds. The number of hydrogen-bond donors (Lipinski definition) is 0. The average Bonchev–Trinajstić information content (AvgIpc) is 2.63. The van der Waals surface area contributed by atoms with Gasteiger partial charge in [0.1, 0.15) is 0 Å². The highest BCUT2D eigenvalue weighted by atomic mass is 79.9. The average molecular weight is 325 g/mol. The Kier molecular flexibility index (Phi) is 4.67. The molecule has 2 atom stereocenters. The molecule has 0 bridgehead atoms. The molecular weight excluding hydrogens is 310 g/mol. The fourth-order valence-electron chi connectivity index (χ4n) is 2.01. The van der Waals surface area contributed by atoms with Gasteiger partial charge in [0.25, 0.3) is 0 Å². The smallest absolute Gasteiger partial charge is 0.0841 e. The van der Waals surface area contributed by atoms with Crippen molar-refractivity contribution in [1.29, 1.82) is 0 Å². The highest BCUT2D eigenvalue weighted by Gasteiger charge is 2.24. The van der Waals surface area contributed by atoms with Crippen LogP contribution in [0.3, 0.4) is 0 Å². The van der Waals surface area contributed by atoms with Crippen molar-refractivity contribution in [2.45, 2.75) is 25.7 Å². The molecule has 1 aliphatic heterocycles. The first kappa shape index (κ1) is 12.8. The van der Waals surface area contributed by atoms with Crippen molar-refractivity contribution >= 4 is 38.9 Å². The number of rotatable bonds is 3. The lowest BCUT2D eigenvalue weighted by atomic mass is 10.2. The Morgan fingerprint density at radius 2 is 2.38 bits per heavy atom. The number of halogens is 2. The summed E-state index contributed by atoms with van der Waals surface area (Å²) >= 11 is 11.1. The van der Waals surface area contributed by atoms with Crippen LogP contribution in [0.25, 0.3) is 0 Å². The maximum atomic E-state index is 5.86. The summed E-state index contributed by atoms with van der Waals surface area (Å²) in [6.45, 7) is 5.03. The lowest BCUT2D eigenvalue weighted by molar-refractivity contribution is -0.0686. The molecule has 0 saturated carbocycles. The lowest BCUT2D eigenvalue weighted by Gasteiger charge is -2.35. The fraction of sp³-hybridized carbons (Fsp3) is 0.636. The molecule has 0 aromatic carbocycles. The standard InChI is InChI=1S/C11H15BrClNOS/c1-8-5-14(6-9(4-13)15-8)7-10-2-3-11(12)16-10/h2-3,8-9H,4-7H2,1H3. The first-order valence-electron chi connectivity index (χ1n) is 5.35. The van der Waals surface area contributed by atoms with Gasteiger partial charge >= 0.3 is 0 Å². The molecule has 2 heterocycles. The summed E-state index contributed by atoms with van der Waals surface area (Å²) in [5.41, 5.74) is 0. The van der Waals surface area contributed by atoms with E-state index in [0.717, 1.165) is 19.6 Å². The molecule has 2 nitrogen and oxygen atoms in total. The molecule has 2 unspecified atom stereocenters.